The Balaban J connectivity index is 1.41. The van der Waals surface area contributed by atoms with Gasteiger partial charge in [0.2, 0.25) is 5.91 Å². The molecular weight excluding hydrogens is 370 g/mol. The molecule has 0 bridgehead atoms. The molecule has 1 aliphatic rings. The summed E-state index contributed by atoms with van der Waals surface area (Å²) >= 11 is 7.75. The third kappa shape index (κ3) is 3.52. The van der Waals surface area contributed by atoms with Crippen LogP contribution in [0.5, 0.6) is 0 Å². The Labute approximate surface area is 159 Å². The number of carbonyl (C=O) groups excluding carboxylic acids is 1. The van der Waals surface area contributed by atoms with E-state index >= 15 is 0 Å². The quantitative estimate of drug-likeness (QED) is 0.691. The van der Waals surface area contributed by atoms with Gasteiger partial charge in [-0.1, -0.05) is 17.7 Å². The third-order valence-electron chi connectivity index (χ3n) is 4.77. The van der Waals surface area contributed by atoms with Crippen molar-refractivity contribution in [2.45, 2.75) is 25.3 Å². The molecule has 1 amide bonds. The van der Waals surface area contributed by atoms with E-state index in [0.29, 0.717) is 24.0 Å². The molecular formula is C19H18ClN3O2S. The van der Waals surface area contributed by atoms with Crippen molar-refractivity contribution in [3.05, 3.63) is 63.0 Å². The monoisotopic (exact) mass is 387 g/mol. The lowest BCUT2D eigenvalue weighted by molar-refractivity contribution is -0.132. The summed E-state index contributed by atoms with van der Waals surface area (Å²) in [6.07, 6.45) is 3.44. The van der Waals surface area contributed by atoms with Gasteiger partial charge in [0.15, 0.2) is 0 Å². The largest absolute Gasteiger partial charge is 0.341 e. The zero-order valence-corrected chi connectivity index (χ0v) is 15.7. The van der Waals surface area contributed by atoms with E-state index in [4.69, 9.17) is 16.6 Å². The number of nitrogens with zero attached hydrogens (tertiary/aromatic N) is 3. The number of carbonyl (C=O) groups is 1. The molecule has 0 atom stereocenters. The molecule has 3 heterocycles. The standard InChI is InChI=1S/C19H18ClN3O2S/c20-14-4-5-16-15(11-14)21-19(26-16)13-6-9-22(10-7-13)18(25)12-23-8-2-1-3-17(23)24/h1-5,8,11,13H,6-7,9-10,12H2. The second kappa shape index (κ2) is 7.21. The van der Waals surface area contributed by atoms with Crippen LogP contribution in [-0.4, -0.2) is 33.4 Å². The molecule has 134 valence electrons. The van der Waals surface area contributed by atoms with Crippen molar-refractivity contribution >= 4 is 39.1 Å². The Kier molecular flexibility index (Phi) is 4.78. The molecule has 4 rings (SSSR count). The van der Waals surface area contributed by atoms with E-state index in [1.807, 2.05) is 23.1 Å². The molecule has 3 aromatic rings. The Morgan fingerprint density at radius 3 is 2.81 bits per heavy atom. The summed E-state index contributed by atoms with van der Waals surface area (Å²) < 4.78 is 2.59. The first-order valence-electron chi connectivity index (χ1n) is 8.59. The molecule has 0 spiro atoms. The molecule has 0 aliphatic carbocycles. The molecule has 0 unspecified atom stereocenters. The van der Waals surface area contributed by atoms with Gasteiger partial charge in [-0.15, -0.1) is 11.3 Å². The smallest absolute Gasteiger partial charge is 0.250 e. The molecule has 0 radical (unpaired) electrons. The number of amides is 1. The van der Waals surface area contributed by atoms with Crippen molar-refractivity contribution in [3.8, 4) is 0 Å². The lowest BCUT2D eigenvalue weighted by Crippen LogP contribution is -2.41. The fourth-order valence-electron chi connectivity index (χ4n) is 3.31. The normalized spacial score (nSPS) is 15.5. The number of rotatable bonds is 3. The minimum atomic E-state index is -0.149. The van der Waals surface area contributed by atoms with Crippen LogP contribution in [0.3, 0.4) is 0 Å². The van der Waals surface area contributed by atoms with Gasteiger partial charge in [-0.3, -0.25) is 9.59 Å². The zero-order valence-electron chi connectivity index (χ0n) is 14.1. The Morgan fingerprint density at radius 2 is 2.04 bits per heavy atom. The van der Waals surface area contributed by atoms with Crippen LogP contribution in [0.2, 0.25) is 5.02 Å². The fraction of sp³-hybridized carbons (Fsp3) is 0.316. The number of benzene rings is 1. The van der Waals surface area contributed by atoms with Gasteiger partial charge in [0.25, 0.3) is 5.56 Å². The van der Waals surface area contributed by atoms with Gasteiger partial charge < -0.3 is 9.47 Å². The van der Waals surface area contributed by atoms with Crippen LogP contribution in [0, 0.1) is 0 Å². The van der Waals surface area contributed by atoms with E-state index in [1.54, 1.807) is 29.7 Å². The Morgan fingerprint density at radius 1 is 1.23 bits per heavy atom. The highest BCUT2D eigenvalue weighted by Crippen LogP contribution is 2.34. The van der Waals surface area contributed by atoms with Crippen molar-refractivity contribution in [3.63, 3.8) is 0 Å². The second-order valence-electron chi connectivity index (χ2n) is 6.49. The molecule has 2 aromatic heterocycles. The number of thiazole rings is 1. The number of halogens is 1. The Bertz CT molecular complexity index is 1010. The van der Waals surface area contributed by atoms with Gasteiger partial charge in [-0.2, -0.15) is 0 Å². The number of hydrogen-bond acceptors (Lipinski definition) is 4. The number of fused-ring (bicyclic) bond motifs is 1. The lowest BCUT2D eigenvalue weighted by atomic mass is 9.97. The molecule has 1 aliphatic heterocycles. The number of hydrogen-bond donors (Lipinski definition) is 0. The minimum Gasteiger partial charge on any atom is -0.341 e. The van der Waals surface area contributed by atoms with E-state index in [0.717, 1.165) is 28.1 Å². The van der Waals surface area contributed by atoms with Crippen LogP contribution in [0.15, 0.2) is 47.4 Å². The van der Waals surface area contributed by atoms with Gasteiger partial charge in [0.05, 0.1) is 15.2 Å². The number of aromatic nitrogens is 2. The summed E-state index contributed by atoms with van der Waals surface area (Å²) in [5, 5.41) is 1.82. The molecule has 0 N–H and O–H groups in total. The predicted molar refractivity (Wildman–Crippen MR) is 104 cm³/mol. The first-order chi connectivity index (χ1) is 12.6. The average Bonchev–Trinajstić information content (AvgIpc) is 3.07. The maximum atomic E-state index is 12.5. The molecule has 0 saturated carbocycles. The highest BCUT2D eigenvalue weighted by molar-refractivity contribution is 7.18. The van der Waals surface area contributed by atoms with E-state index < -0.39 is 0 Å². The van der Waals surface area contributed by atoms with Crippen LogP contribution in [0.1, 0.15) is 23.8 Å². The first kappa shape index (κ1) is 17.2. The van der Waals surface area contributed by atoms with E-state index in [-0.39, 0.29) is 18.0 Å². The van der Waals surface area contributed by atoms with Crippen molar-refractivity contribution < 1.29 is 4.79 Å². The van der Waals surface area contributed by atoms with E-state index in [2.05, 4.69) is 0 Å². The van der Waals surface area contributed by atoms with Gasteiger partial charge in [-0.05, 0) is 37.1 Å². The first-order valence-corrected chi connectivity index (χ1v) is 9.79. The van der Waals surface area contributed by atoms with Gasteiger partial charge in [0, 0.05) is 36.3 Å². The van der Waals surface area contributed by atoms with Crippen molar-refractivity contribution in [1.29, 1.82) is 0 Å². The van der Waals surface area contributed by atoms with Crippen molar-refractivity contribution in [2.75, 3.05) is 13.1 Å². The fourth-order valence-corrected chi connectivity index (χ4v) is 4.59. The van der Waals surface area contributed by atoms with E-state index in [9.17, 15) is 9.59 Å². The Hall–Kier alpha value is -2.18. The maximum Gasteiger partial charge on any atom is 0.250 e. The molecule has 26 heavy (non-hydrogen) atoms. The number of piperidine rings is 1. The summed E-state index contributed by atoms with van der Waals surface area (Å²) in [4.78, 5) is 30.8. The summed E-state index contributed by atoms with van der Waals surface area (Å²) in [5.74, 6) is 0.363. The van der Waals surface area contributed by atoms with Gasteiger partial charge in [-0.25, -0.2) is 4.98 Å². The molecule has 1 saturated heterocycles. The second-order valence-corrected chi connectivity index (χ2v) is 7.98. The summed E-state index contributed by atoms with van der Waals surface area (Å²) in [7, 11) is 0. The van der Waals surface area contributed by atoms with Gasteiger partial charge >= 0.3 is 0 Å². The molecule has 5 nitrogen and oxygen atoms in total. The zero-order chi connectivity index (χ0) is 18.1. The minimum absolute atomic E-state index is 0.00664. The van der Waals surface area contributed by atoms with Crippen molar-refractivity contribution in [1.82, 2.24) is 14.5 Å². The predicted octanol–water partition coefficient (Wildman–Crippen LogP) is 3.52. The highest BCUT2D eigenvalue weighted by atomic mass is 35.5. The summed E-state index contributed by atoms with van der Waals surface area (Å²) in [6.45, 7) is 1.49. The number of pyridine rings is 1. The van der Waals surface area contributed by atoms with Crippen LogP contribution >= 0.6 is 22.9 Å². The summed E-state index contributed by atoms with van der Waals surface area (Å²) in [5.41, 5.74) is 0.795. The van der Waals surface area contributed by atoms with Crippen molar-refractivity contribution in [2.24, 2.45) is 0 Å². The molecule has 1 aromatic carbocycles. The maximum absolute atomic E-state index is 12.5. The third-order valence-corrected chi connectivity index (χ3v) is 6.20. The van der Waals surface area contributed by atoms with Crippen LogP contribution in [-0.2, 0) is 11.3 Å². The van der Waals surface area contributed by atoms with Gasteiger partial charge in [0.1, 0.15) is 6.54 Å². The molecule has 1 fully saturated rings. The van der Waals surface area contributed by atoms with E-state index in [1.165, 1.54) is 10.6 Å². The highest BCUT2D eigenvalue weighted by Gasteiger charge is 2.26. The van der Waals surface area contributed by atoms with Crippen LogP contribution < -0.4 is 5.56 Å². The average molecular weight is 388 g/mol. The SMILES string of the molecule is O=C(Cn1ccccc1=O)N1CCC(c2nc3cc(Cl)ccc3s2)CC1. The summed E-state index contributed by atoms with van der Waals surface area (Å²) in [6, 6.07) is 10.7. The topological polar surface area (TPSA) is 55.2 Å². The van der Waals surface area contributed by atoms with Crippen LogP contribution in [0.25, 0.3) is 10.2 Å². The number of likely N-dealkylation sites (tertiary alicyclic amines) is 1. The van der Waals surface area contributed by atoms with Crippen LogP contribution in [0.4, 0.5) is 0 Å². The lowest BCUT2D eigenvalue weighted by Gasteiger charge is -2.31. The molecule has 7 heteroatoms.